The maximum absolute atomic E-state index is 13.4. The summed E-state index contributed by atoms with van der Waals surface area (Å²) in [6, 6.07) is 23.5. The van der Waals surface area contributed by atoms with Gasteiger partial charge in [-0.1, -0.05) is 72.3 Å². The van der Waals surface area contributed by atoms with Gasteiger partial charge in [0.25, 0.3) is 0 Å². The molecule has 0 aliphatic heterocycles. The van der Waals surface area contributed by atoms with Crippen molar-refractivity contribution in [3.63, 3.8) is 0 Å². The molecule has 0 fully saturated rings. The van der Waals surface area contributed by atoms with Gasteiger partial charge in [-0.2, -0.15) is 4.72 Å². The molecule has 0 heterocycles. The molecule has 4 nitrogen and oxygen atoms in total. The number of hydrogen-bond donors (Lipinski definition) is 1. The Morgan fingerprint density at radius 2 is 1.40 bits per heavy atom. The zero-order valence-corrected chi connectivity index (χ0v) is 19.0. The Kier molecular flexibility index (Phi) is 7.36. The lowest BCUT2D eigenvalue weighted by molar-refractivity contribution is 0.0978. The average molecular weight is 461 g/mol. The molecule has 1 N–H and O–H groups in total. The first-order valence-corrected chi connectivity index (χ1v) is 13.2. The van der Waals surface area contributed by atoms with Crippen LogP contribution >= 0.6 is 11.6 Å². The van der Waals surface area contributed by atoms with E-state index in [1.54, 1.807) is 12.1 Å². The van der Waals surface area contributed by atoms with E-state index < -0.39 is 32.2 Å². The molecule has 3 rings (SSSR count). The van der Waals surface area contributed by atoms with Crippen molar-refractivity contribution in [1.82, 2.24) is 4.72 Å². The van der Waals surface area contributed by atoms with Crippen LogP contribution in [0.25, 0.3) is 0 Å². The first-order valence-electron chi connectivity index (χ1n) is 9.28. The maximum Gasteiger partial charge on any atom is 0.241 e. The molecule has 2 atom stereocenters. The second-order valence-corrected chi connectivity index (χ2v) is 11.4. The van der Waals surface area contributed by atoms with E-state index in [2.05, 4.69) is 4.72 Å². The third-order valence-electron chi connectivity index (χ3n) is 4.69. The van der Waals surface area contributed by atoms with Crippen LogP contribution in [0.1, 0.15) is 22.0 Å². The van der Waals surface area contributed by atoms with Gasteiger partial charge in [0, 0.05) is 10.6 Å². The van der Waals surface area contributed by atoms with E-state index in [-0.39, 0.29) is 10.7 Å². The van der Waals surface area contributed by atoms with Crippen LogP contribution in [0.2, 0.25) is 5.02 Å². The van der Waals surface area contributed by atoms with E-state index in [1.165, 1.54) is 24.3 Å². The standard InChI is InChI=1S/C23H23ClNO3S2/c1-29(2)23(22(26)18-11-7-4-8-12-18)21(17-9-5-3-6-10-17)25-30(27,28)20-15-13-19(24)14-16-20/h3-16,21,23,25H,1-2H3/q+1. The molecule has 0 aromatic heterocycles. The van der Waals surface area contributed by atoms with E-state index in [4.69, 9.17) is 11.6 Å². The Hall–Kier alpha value is -2.12. The predicted octanol–water partition coefficient (Wildman–Crippen LogP) is 4.49. The van der Waals surface area contributed by atoms with Crippen molar-refractivity contribution in [2.75, 3.05) is 12.5 Å². The predicted molar refractivity (Wildman–Crippen MR) is 125 cm³/mol. The zero-order valence-electron chi connectivity index (χ0n) is 16.7. The van der Waals surface area contributed by atoms with Gasteiger partial charge in [-0.05, 0) is 40.7 Å². The Labute approximate surface area is 185 Å². The Morgan fingerprint density at radius 3 is 1.93 bits per heavy atom. The number of nitrogens with one attached hydrogen (secondary N) is 1. The van der Waals surface area contributed by atoms with Crippen LogP contribution in [-0.4, -0.2) is 32.0 Å². The van der Waals surface area contributed by atoms with Crippen molar-refractivity contribution < 1.29 is 13.2 Å². The summed E-state index contributed by atoms with van der Waals surface area (Å²) in [5.74, 6) is -0.0865. The lowest BCUT2D eigenvalue weighted by atomic mass is 9.98. The van der Waals surface area contributed by atoms with E-state index in [1.807, 2.05) is 61.0 Å². The van der Waals surface area contributed by atoms with Crippen LogP contribution in [0, 0.1) is 0 Å². The molecule has 0 saturated carbocycles. The minimum atomic E-state index is -3.88. The molecule has 3 aromatic carbocycles. The van der Waals surface area contributed by atoms with Crippen molar-refractivity contribution in [1.29, 1.82) is 0 Å². The van der Waals surface area contributed by atoms with Crippen LogP contribution in [-0.2, 0) is 20.9 Å². The first-order chi connectivity index (χ1) is 14.3. The fourth-order valence-electron chi connectivity index (χ4n) is 3.22. The van der Waals surface area contributed by atoms with E-state index in [0.717, 1.165) is 5.56 Å². The van der Waals surface area contributed by atoms with Crippen LogP contribution in [0.5, 0.6) is 0 Å². The monoisotopic (exact) mass is 460 g/mol. The first kappa shape index (κ1) is 22.6. The van der Waals surface area contributed by atoms with E-state index >= 15 is 0 Å². The summed E-state index contributed by atoms with van der Waals surface area (Å²) in [4.78, 5) is 13.5. The number of rotatable bonds is 8. The lowest BCUT2D eigenvalue weighted by Crippen LogP contribution is -2.44. The molecule has 3 aromatic rings. The summed E-state index contributed by atoms with van der Waals surface area (Å²) in [6.45, 7) is 0. The highest BCUT2D eigenvalue weighted by atomic mass is 35.5. The van der Waals surface area contributed by atoms with E-state index in [9.17, 15) is 13.2 Å². The molecule has 7 heteroatoms. The molecular formula is C23H23ClNO3S2+. The summed E-state index contributed by atoms with van der Waals surface area (Å²) in [7, 11) is -4.28. The largest absolute Gasteiger partial charge is 0.288 e. The number of Topliss-reactive ketones (excluding diaryl/α,β-unsaturated/α-hetero) is 1. The van der Waals surface area contributed by atoms with Crippen LogP contribution in [0.15, 0.2) is 89.8 Å². The smallest absolute Gasteiger partial charge is 0.241 e. The Morgan fingerprint density at radius 1 is 0.867 bits per heavy atom. The second-order valence-electron chi connectivity index (χ2n) is 6.99. The molecule has 0 saturated heterocycles. The summed E-state index contributed by atoms with van der Waals surface area (Å²) in [5.41, 5.74) is 1.31. The molecule has 156 valence electrons. The molecule has 30 heavy (non-hydrogen) atoms. The molecular weight excluding hydrogens is 438 g/mol. The normalized spacial score (nSPS) is 13.7. The Balaban J connectivity index is 2.05. The van der Waals surface area contributed by atoms with Crippen molar-refractivity contribution in [3.8, 4) is 0 Å². The summed E-state index contributed by atoms with van der Waals surface area (Å²) in [5, 5.41) is -0.105. The molecule has 0 aliphatic rings. The highest BCUT2D eigenvalue weighted by Crippen LogP contribution is 2.28. The van der Waals surface area contributed by atoms with Gasteiger partial charge in [0.2, 0.25) is 15.8 Å². The third kappa shape index (κ3) is 5.32. The van der Waals surface area contributed by atoms with Gasteiger partial charge in [0.05, 0.1) is 17.4 Å². The van der Waals surface area contributed by atoms with E-state index in [0.29, 0.717) is 10.6 Å². The number of hydrogen-bond acceptors (Lipinski definition) is 3. The third-order valence-corrected chi connectivity index (χ3v) is 7.90. The van der Waals surface area contributed by atoms with Crippen LogP contribution < -0.4 is 4.72 Å². The van der Waals surface area contributed by atoms with Crippen molar-refractivity contribution in [2.45, 2.75) is 16.2 Å². The number of sulfonamides is 1. The van der Waals surface area contributed by atoms with Gasteiger partial charge in [0.15, 0.2) is 5.25 Å². The minimum Gasteiger partial charge on any atom is -0.288 e. The van der Waals surface area contributed by atoms with Gasteiger partial charge in [-0.15, -0.1) is 0 Å². The number of halogens is 1. The van der Waals surface area contributed by atoms with Crippen LogP contribution in [0.4, 0.5) is 0 Å². The van der Waals surface area contributed by atoms with Gasteiger partial charge in [-0.3, -0.25) is 4.79 Å². The van der Waals surface area contributed by atoms with Crippen molar-refractivity contribution >= 4 is 38.3 Å². The fraction of sp³-hybridized carbons (Fsp3) is 0.174. The van der Waals surface area contributed by atoms with Crippen LogP contribution in [0.3, 0.4) is 0 Å². The SMILES string of the molecule is C[S+](C)C(C(=O)c1ccccc1)C(NS(=O)(=O)c1ccc(Cl)cc1)c1ccccc1. The van der Waals surface area contributed by atoms with Gasteiger partial charge in [-0.25, -0.2) is 8.42 Å². The average Bonchev–Trinajstić information content (AvgIpc) is 2.74. The molecule has 0 radical (unpaired) electrons. The summed E-state index contributed by atoms with van der Waals surface area (Å²) in [6.07, 6.45) is 3.91. The second kappa shape index (κ2) is 9.79. The molecule has 0 spiro atoms. The quantitative estimate of drug-likeness (QED) is 0.398. The number of carbonyl (C=O) groups excluding carboxylic acids is 1. The molecule has 0 aliphatic carbocycles. The van der Waals surface area contributed by atoms with Gasteiger partial charge in [0.1, 0.15) is 6.04 Å². The molecule has 2 unspecified atom stereocenters. The minimum absolute atomic E-state index is 0.0865. The highest BCUT2D eigenvalue weighted by Gasteiger charge is 2.41. The highest BCUT2D eigenvalue weighted by molar-refractivity contribution is 7.97. The van der Waals surface area contributed by atoms with Crippen molar-refractivity contribution in [3.05, 3.63) is 101 Å². The summed E-state index contributed by atoms with van der Waals surface area (Å²) < 4.78 is 29.1. The van der Waals surface area contributed by atoms with Gasteiger partial charge >= 0.3 is 0 Å². The van der Waals surface area contributed by atoms with Crippen molar-refractivity contribution in [2.24, 2.45) is 0 Å². The maximum atomic E-state index is 13.4. The Bertz CT molecular complexity index is 1090. The number of carbonyl (C=O) groups is 1. The number of benzene rings is 3. The van der Waals surface area contributed by atoms with Gasteiger partial charge < -0.3 is 0 Å². The topological polar surface area (TPSA) is 63.2 Å². The zero-order chi connectivity index (χ0) is 21.7. The fourth-order valence-corrected chi connectivity index (χ4v) is 6.00. The molecule has 0 amide bonds. The summed E-state index contributed by atoms with van der Waals surface area (Å²) >= 11 is 5.91. The molecule has 0 bridgehead atoms. The lowest BCUT2D eigenvalue weighted by Gasteiger charge is -2.25. The number of ketones is 1.